The molecule has 122 valence electrons. The van der Waals surface area contributed by atoms with E-state index in [0.717, 1.165) is 21.6 Å². The second-order valence-corrected chi connectivity index (χ2v) is 6.04. The van der Waals surface area contributed by atoms with Crippen LogP contribution < -0.4 is 20.3 Å². The van der Waals surface area contributed by atoms with Crippen LogP contribution in [0.2, 0.25) is 0 Å². The SMILES string of the molecule is CN(C)c1ccc(NC(=O)NCCOc2ccc(Br)cc2)cc1. The highest BCUT2D eigenvalue weighted by molar-refractivity contribution is 9.10. The van der Waals surface area contributed by atoms with Gasteiger partial charge in [0.1, 0.15) is 12.4 Å². The summed E-state index contributed by atoms with van der Waals surface area (Å²) in [6.07, 6.45) is 0. The van der Waals surface area contributed by atoms with E-state index in [-0.39, 0.29) is 6.03 Å². The molecule has 0 unspecified atom stereocenters. The monoisotopic (exact) mass is 377 g/mol. The number of nitrogens with zero attached hydrogens (tertiary/aromatic N) is 1. The molecular weight excluding hydrogens is 358 g/mol. The highest BCUT2D eigenvalue weighted by Gasteiger charge is 2.02. The molecule has 0 heterocycles. The topological polar surface area (TPSA) is 53.6 Å². The Balaban J connectivity index is 1.69. The van der Waals surface area contributed by atoms with Crippen molar-refractivity contribution in [3.63, 3.8) is 0 Å². The van der Waals surface area contributed by atoms with E-state index in [1.807, 2.05) is 67.5 Å². The first kappa shape index (κ1) is 17.1. The van der Waals surface area contributed by atoms with Crippen LogP contribution in [0.3, 0.4) is 0 Å². The average Bonchev–Trinajstić information content (AvgIpc) is 2.54. The van der Waals surface area contributed by atoms with E-state index < -0.39 is 0 Å². The van der Waals surface area contributed by atoms with Crippen LogP contribution in [0.4, 0.5) is 16.2 Å². The maximum absolute atomic E-state index is 11.8. The van der Waals surface area contributed by atoms with Crippen molar-refractivity contribution in [1.82, 2.24) is 5.32 Å². The van der Waals surface area contributed by atoms with Crippen molar-refractivity contribution in [2.45, 2.75) is 0 Å². The fraction of sp³-hybridized carbons (Fsp3) is 0.235. The fourth-order valence-corrected chi connectivity index (χ4v) is 2.15. The number of urea groups is 1. The molecule has 0 bridgehead atoms. The molecule has 2 amide bonds. The van der Waals surface area contributed by atoms with Crippen LogP contribution in [0.5, 0.6) is 5.75 Å². The van der Waals surface area contributed by atoms with Gasteiger partial charge in [-0.1, -0.05) is 15.9 Å². The largest absolute Gasteiger partial charge is 0.492 e. The molecule has 0 atom stereocenters. The Morgan fingerprint density at radius 1 is 1.09 bits per heavy atom. The molecule has 2 aromatic carbocycles. The van der Waals surface area contributed by atoms with Crippen LogP contribution in [0, 0.1) is 0 Å². The summed E-state index contributed by atoms with van der Waals surface area (Å²) in [6.45, 7) is 0.840. The lowest BCUT2D eigenvalue weighted by molar-refractivity contribution is 0.247. The molecule has 0 saturated heterocycles. The summed E-state index contributed by atoms with van der Waals surface area (Å²) >= 11 is 3.37. The molecule has 0 spiro atoms. The second-order valence-electron chi connectivity index (χ2n) is 5.12. The summed E-state index contributed by atoms with van der Waals surface area (Å²) in [4.78, 5) is 13.8. The zero-order valence-electron chi connectivity index (χ0n) is 13.2. The van der Waals surface area contributed by atoms with Gasteiger partial charge in [0.25, 0.3) is 0 Å². The van der Waals surface area contributed by atoms with E-state index in [1.54, 1.807) is 0 Å². The number of anilines is 2. The van der Waals surface area contributed by atoms with Gasteiger partial charge in [-0.05, 0) is 48.5 Å². The highest BCUT2D eigenvalue weighted by Crippen LogP contribution is 2.16. The number of rotatable bonds is 6. The predicted molar refractivity (Wildman–Crippen MR) is 97.4 cm³/mol. The molecule has 2 rings (SSSR count). The second kappa shape index (κ2) is 8.43. The van der Waals surface area contributed by atoms with Crippen molar-refractivity contribution in [3.05, 3.63) is 53.0 Å². The molecule has 5 nitrogen and oxygen atoms in total. The Bertz CT molecular complexity index is 627. The van der Waals surface area contributed by atoms with Crippen molar-refractivity contribution in [2.24, 2.45) is 0 Å². The molecule has 23 heavy (non-hydrogen) atoms. The van der Waals surface area contributed by atoms with Gasteiger partial charge in [-0.15, -0.1) is 0 Å². The van der Waals surface area contributed by atoms with E-state index in [2.05, 4.69) is 26.6 Å². The Labute approximate surface area is 144 Å². The molecule has 0 aliphatic heterocycles. The third-order valence-electron chi connectivity index (χ3n) is 3.11. The molecule has 6 heteroatoms. The van der Waals surface area contributed by atoms with Gasteiger partial charge < -0.3 is 20.3 Å². The van der Waals surface area contributed by atoms with Crippen LogP contribution in [0.25, 0.3) is 0 Å². The number of halogens is 1. The lowest BCUT2D eigenvalue weighted by Crippen LogP contribution is -2.32. The summed E-state index contributed by atoms with van der Waals surface area (Å²) in [7, 11) is 3.95. The number of carbonyl (C=O) groups is 1. The molecule has 0 aliphatic carbocycles. The van der Waals surface area contributed by atoms with Crippen LogP contribution in [-0.4, -0.2) is 33.3 Å². The van der Waals surface area contributed by atoms with Crippen molar-refractivity contribution in [3.8, 4) is 5.75 Å². The first-order valence-corrected chi connectivity index (χ1v) is 8.04. The maximum atomic E-state index is 11.8. The predicted octanol–water partition coefficient (Wildman–Crippen LogP) is 3.72. The van der Waals surface area contributed by atoms with Crippen LogP contribution >= 0.6 is 15.9 Å². The molecule has 0 radical (unpaired) electrons. The number of nitrogens with one attached hydrogen (secondary N) is 2. The lowest BCUT2D eigenvalue weighted by Gasteiger charge is -2.13. The van der Waals surface area contributed by atoms with Crippen molar-refractivity contribution >= 4 is 33.3 Å². The minimum absolute atomic E-state index is 0.248. The molecule has 0 fully saturated rings. The molecule has 0 saturated carbocycles. The summed E-state index contributed by atoms with van der Waals surface area (Å²) in [5.74, 6) is 0.773. The van der Waals surface area contributed by atoms with Gasteiger partial charge in [-0.3, -0.25) is 0 Å². The first-order valence-electron chi connectivity index (χ1n) is 7.25. The summed E-state index contributed by atoms with van der Waals surface area (Å²) in [5.41, 5.74) is 1.83. The average molecular weight is 378 g/mol. The van der Waals surface area contributed by atoms with E-state index in [0.29, 0.717) is 13.2 Å². The number of hydrogen-bond donors (Lipinski definition) is 2. The van der Waals surface area contributed by atoms with E-state index in [9.17, 15) is 4.79 Å². The third kappa shape index (κ3) is 5.83. The van der Waals surface area contributed by atoms with E-state index >= 15 is 0 Å². The number of benzene rings is 2. The normalized spacial score (nSPS) is 10.0. The van der Waals surface area contributed by atoms with Gasteiger partial charge in [0.05, 0.1) is 6.54 Å². The fourth-order valence-electron chi connectivity index (χ4n) is 1.88. The third-order valence-corrected chi connectivity index (χ3v) is 3.64. The molecule has 2 N–H and O–H groups in total. The minimum Gasteiger partial charge on any atom is -0.492 e. The maximum Gasteiger partial charge on any atom is 0.319 e. The number of hydrogen-bond acceptors (Lipinski definition) is 3. The zero-order chi connectivity index (χ0) is 16.7. The van der Waals surface area contributed by atoms with Crippen molar-refractivity contribution in [1.29, 1.82) is 0 Å². The Kier molecular flexibility index (Phi) is 6.29. The van der Waals surface area contributed by atoms with Gasteiger partial charge in [-0.25, -0.2) is 4.79 Å². The lowest BCUT2D eigenvalue weighted by atomic mass is 10.2. The van der Waals surface area contributed by atoms with Gasteiger partial charge in [-0.2, -0.15) is 0 Å². The number of carbonyl (C=O) groups excluding carboxylic acids is 1. The summed E-state index contributed by atoms with van der Waals surface area (Å²) in [6, 6.07) is 15.0. The zero-order valence-corrected chi connectivity index (χ0v) is 14.8. The highest BCUT2D eigenvalue weighted by atomic mass is 79.9. The van der Waals surface area contributed by atoms with E-state index in [4.69, 9.17) is 4.74 Å². The number of ether oxygens (including phenoxy) is 1. The first-order chi connectivity index (χ1) is 11.0. The van der Waals surface area contributed by atoms with Gasteiger partial charge in [0.15, 0.2) is 0 Å². The van der Waals surface area contributed by atoms with Gasteiger partial charge >= 0.3 is 6.03 Å². The van der Waals surface area contributed by atoms with Crippen molar-refractivity contribution in [2.75, 3.05) is 37.5 Å². The van der Waals surface area contributed by atoms with Crippen LogP contribution in [-0.2, 0) is 0 Å². The minimum atomic E-state index is -0.248. The van der Waals surface area contributed by atoms with E-state index in [1.165, 1.54) is 0 Å². The molecule has 0 aromatic heterocycles. The Morgan fingerprint density at radius 3 is 2.35 bits per heavy atom. The number of amides is 2. The Hall–Kier alpha value is -2.21. The van der Waals surface area contributed by atoms with Crippen LogP contribution in [0.1, 0.15) is 0 Å². The van der Waals surface area contributed by atoms with Crippen LogP contribution in [0.15, 0.2) is 53.0 Å². The smallest absolute Gasteiger partial charge is 0.319 e. The molecule has 2 aromatic rings. The standard InChI is InChI=1S/C17H20BrN3O2/c1-21(2)15-7-5-14(6-8-15)20-17(22)19-11-12-23-16-9-3-13(18)4-10-16/h3-10H,11-12H2,1-2H3,(H2,19,20,22). The molecular formula is C17H20BrN3O2. The van der Waals surface area contributed by atoms with Crippen molar-refractivity contribution < 1.29 is 9.53 Å². The Morgan fingerprint density at radius 2 is 1.74 bits per heavy atom. The quantitative estimate of drug-likeness (QED) is 0.754. The van der Waals surface area contributed by atoms with Gasteiger partial charge in [0, 0.05) is 29.9 Å². The summed E-state index contributed by atoms with van der Waals surface area (Å²) < 4.78 is 6.54. The summed E-state index contributed by atoms with van der Waals surface area (Å²) in [5, 5.41) is 5.54. The molecule has 0 aliphatic rings. The van der Waals surface area contributed by atoms with Gasteiger partial charge in [0.2, 0.25) is 0 Å².